The predicted octanol–water partition coefficient (Wildman–Crippen LogP) is 3.92. The van der Waals surface area contributed by atoms with Crippen LogP contribution in [0.5, 0.6) is 11.5 Å². The Morgan fingerprint density at radius 1 is 1.11 bits per heavy atom. The molecule has 0 radical (unpaired) electrons. The molecule has 3 aliphatic rings. The normalized spacial score (nSPS) is 29.1. The van der Waals surface area contributed by atoms with Crippen molar-refractivity contribution in [3.8, 4) is 11.5 Å². The van der Waals surface area contributed by atoms with E-state index < -0.39 is 0 Å². The molecule has 3 heterocycles. The number of hydrogen-bond donors (Lipinski definition) is 1. The lowest BCUT2D eigenvalue weighted by Gasteiger charge is -2.41. The molecular formula is C23H34N3O2+. The highest BCUT2D eigenvalue weighted by atomic mass is 16.5. The van der Waals surface area contributed by atoms with E-state index in [9.17, 15) is 0 Å². The maximum Gasteiger partial charge on any atom is 0.354 e. The average Bonchev–Trinajstić information content (AvgIpc) is 3.11. The van der Waals surface area contributed by atoms with Crippen LogP contribution < -0.4 is 19.7 Å². The fraction of sp³-hybridized carbons (Fsp3) is 0.609. The van der Waals surface area contributed by atoms with Gasteiger partial charge in [-0.3, -0.25) is 9.89 Å². The number of benzene rings is 1. The van der Waals surface area contributed by atoms with Gasteiger partial charge in [-0.1, -0.05) is 19.1 Å². The lowest BCUT2D eigenvalue weighted by atomic mass is 9.97. The van der Waals surface area contributed by atoms with Crippen molar-refractivity contribution in [1.82, 2.24) is 5.32 Å². The molecule has 0 saturated carbocycles. The van der Waals surface area contributed by atoms with Gasteiger partial charge in [-0.05, 0) is 44.7 Å². The molecule has 5 nitrogen and oxygen atoms in total. The Bertz CT molecular complexity index is 773. The highest BCUT2D eigenvalue weighted by Gasteiger charge is 2.49. The molecule has 3 aliphatic heterocycles. The first-order valence-electron chi connectivity index (χ1n) is 10.7. The van der Waals surface area contributed by atoms with E-state index in [0.717, 1.165) is 24.3 Å². The van der Waals surface area contributed by atoms with Crippen LogP contribution in [0.15, 0.2) is 30.4 Å². The zero-order valence-electron chi connectivity index (χ0n) is 17.6. The highest BCUT2D eigenvalue weighted by molar-refractivity contribution is 5.94. The van der Waals surface area contributed by atoms with Gasteiger partial charge in [0.1, 0.15) is 5.69 Å². The molecule has 1 aromatic carbocycles. The first-order valence-corrected chi connectivity index (χ1v) is 10.7. The molecule has 1 N–H and O–H groups in total. The summed E-state index contributed by atoms with van der Waals surface area (Å²) in [5.41, 5.74) is 1.17. The van der Waals surface area contributed by atoms with Gasteiger partial charge < -0.3 is 9.47 Å². The number of hydrogen-bond acceptors (Lipinski definition) is 4. The van der Waals surface area contributed by atoms with Crippen LogP contribution in [-0.2, 0) is 0 Å². The quantitative estimate of drug-likeness (QED) is 0.596. The summed E-state index contributed by atoms with van der Waals surface area (Å²) in [5.74, 6) is 2.85. The van der Waals surface area contributed by atoms with E-state index in [4.69, 9.17) is 9.47 Å². The van der Waals surface area contributed by atoms with E-state index >= 15 is 0 Å². The van der Waals surface area contributed by atoms with E-state index in [1.54, 1.807) is 14.2 Å². The summed E-state index contributed by atoms with van der Waals surface area (Å²) in [7, 11) is 3.40. The predicted molar refractivity (Wildman–Crippen MR) is 114 cm³/mol. The molecule has 5 heteroatoms. The molecule has 0 spiro atoms. The second kappa shape index (κ2) is 8.06. The van der Waals surface area contributed by atoms with Gasteiger partial charge in [0.25, 0.3) is 0 Å². The van der Waals surface area contributed by atoms with E-state index in [-0.39, 0.29) is 0 Å². The number of nitrogens with zero attached hydrogens (tertiary/aromatic N) is 2. The van der Waals surface area contributed by atoms with Gasteiger partial charge in [0.2, 0.25) is 0 Å². The Morgan fingerprint density at radius 3 is 2.57 bits per heavy atom. The summed E-state index contributed by atoms with van der Waals surface area (Å²) in [6, 6.07) is 8.60. The zero-order valence-corrected chi connectivity index (χ0v) is 17.6. The van der Waals surface area contributed by atoms with Crippen LogP contribution in [0.1, 0.15) is 52.4 Å². The van der Waals surface area contributed by atoms with Gasteiger partial charge in [0.05, 0.1) is 38.4 Å². The molecule has 4 rings (SSSR count). The van der Waals surface area contributed by atoms with Crippen LogP contribution in [0.2, 0.25) is 0 Å². The maximum absolute atomic E-state index is 5.60. The summed E-state index contributed by atoms with van der Waals surface area (Å²) in [6.45, 7) is 4.51. The molecule has 1 aromatic rings. The van der Waals surface area contributed by atoms with Gasteiger partial charge in [-0.25, -0.2) is 4.90 Å². The number of guanidine groups is 1. The summed E-state index contributed by atoms with van der Waals surface area (Å²) in [5, 5.41) is 3.83. The van der Waals surface area contributed by atoms with Gasteiger partial charge in [-0.15, -0.1) is 0 Å². The largest absolute Gasteiger partial charge is 0.493 e. The van der Waals surface area contributed by atoms with Gasteiger partial charge in [0.15, 0.2) is 11.5 Å². The third-order valence-electron chi connectivity index (χ3n) is 6.46. The Kier molecular flexibility index (Phi) is 5.51. The van der Waals surface area contributed by atoms with Gasteiger partial charge in [0, 0.05) is 18.9 Å². The van der Waals surface area contributed by atoms with Crippen LogP contribution in [0.4, 0.5) is 5.69 Å². The zero-order chi connectivity index (χ0) is 19.7. The topological polar surface area (TPSA) is 36.7 Å². The minimum atomic E-state index is 0.453. The molecule has 1 saturated heterocycles. The molecule has 28 heavy (non-hydrogen) atoms. The summed E-state index contributed by atoms with van der Waals surface area (Å²) >= 11 is 0. The summed E-state index contributed by atoms with van der Waals surface area (Å²) in [6.07, 6.45) is 11.9. The SMILES string of the molecule is CC/C=C/CC1CC2CCC3CC(C)NC(=[N+]32)N1c1ccc(OC)c(OC)c1. The van der Waals surface area contributed by atoms with E-state index in [0.29, 0.717) is 24.2 Å². The van der Waals surface area contributed by atoms with Crippen molar-refractivity contribution in [3.63, 3.8) is 0 Å². The molecule has 4 atom stereocenters. The summed E-state index contributed by atoms with van der Waals surface area (Å²) in [4.78, 5) is 2.52. The Hall–Kier alpha value is -2.17. The molecule has 0 aromatic heterocycles. The van der Waals surface area contributed by atoms with Crippen molar-refractivity contribution < 1.29 is 14.0 Å². The van der Waals surface area contributed by atoms with E-state index in [2.05, 4.69) is 52.9 Å². The first kappa shape index (κ1) is 19.2. The number of methoxy groups -OCH3 is 2. The van der Waals surface area contributed by atoms with Gasteiger partial charge in [-0.2, -0.15) is 0 Å². The van der Waals surface area contributed by atoms with Crippen LogP contribution in [0.3, 0.4) is 0 Å². The second-order valence-corrected chi connectivity index (χ2v) is 8.31. The lowest BCUT2D eigenvalue weighted by molar-refractivity contribution is -0.591. The minimum absolute atomic E-state index is 0.453. The van der Waals surface area contributed by atoms with Crippen molar-refractivity contribution >= 4 is 11.6 Å². The molecule has 0 bridgehead atoms. The van der Waals surface area contributed by atoms with Crippen LogP contribution in [-0.4, -0.2) is 48.9 Å². The highest BCUT2D eigenvalue weighted by Crippen LogP contribution is 2.39. The van der Waals surface area contributed by atoms with Crippen molar-refractivity contribution in [2.45, 2.75) is 76.5 Å². The average molecular weight is 385 g/mol. The minimum Gasteiger partial charge on any atom is -0.493 e. The monoisotopic (exact) mass is 384 g/mol. The van der Waals surface area contributed by atoms with Crippen molar-refractivity contribution in [3.05, 3.63) is 30.4 Å². The maximum atomic E-state index is 5.60. The van der Waals surface area contributed by atoms with Crippen LogP contribution >= 0.6 is 0 Å². The number of allylic oxidation sites excluding steroid dienone is 1. The number of anilines is 1. The van der Waals surface area contributed by atoms with E-state index in [1.807, 2.05) is 6.07 Å². The first-order chi connectivity index (χ1) is 13.7. The third-order valence-corrected chi connectivity index (χ3v) is 6.46. The lowest BCUT2D eigenvalue weighted by Crippen LogP contribution is -2.63. The van der Waals surface area contributed by atoms with Crippen molar-refractivity contribution in [1.29, 1.82) is 0 Å². The van der Waals surface area contributed by atoms with Crippen LogP contribution in [0, 0.1) is 0 Å². The molecule has 4 unspecified atom stereocenters. The van der Waals surface area contributed by atoms with Crippen molar-refractivity contribution in [2.75, 3.05) is 19.1 Å². The number of rotatable bonds is 6. The third kappa shape index (κ3) is 3.36. The molecule has 0 amide bonds. The Morgan fingerprint density at radius 2 is 1.86 bits per heavy atom. The van der Waals surface area contributed by atoms with Gasteiger partial charge >= 0.3 is 5.96 Å². The molecular weight excluding hydrogens is 350 g/mol. The fourth-order valence-corrected chi connectivity index (χ4v) is 5.25. The molecule has 0 aliphatic carbocycles. The number of ether oxygens (including phenoxy) is 2. The second-order valence-electron chi connectivity index (χ2n) is 8.31. The molecule has 1 fully saturated rings. The summed E-state index contributed by atoms with van der Waals surface area (Å²) < 4.78 is 13.7. The molecule has 152 valence electrons. The Labute approximate surface area is 169 Å². The Balaban J connectivity index is 1.78. The standard InChI is InChI=1S/C23H33N3O2/c1-5-6-7-8-17-14-19-10-9-18-13-16(2)24-23(26(18)19)25(17)20-11-12-21(27-3)22(15-20)28-4/h6-7,11-12,15-19H,5,8-10,13-14H2,1-4H3/p+1/b7-6+. The van der Waals surface area contributed by atoms with Crippen molar-refractivity contribution in [2.24, 2.45) is 0 Å². The smallest absolute Gasteiger partial charge is 0.354 e. The van der Waals surface area contributed by atoms with Crippen LogP contribution in [0.25, 0.3) is 0 Å². The van der Waals surface area contributed by atoms with E-state index in [1.165, 1.54) is 37.3 Å². The fourth-order valence-electron chi connectivity index (χ4n) is 5.25. The number of nitrogens with one attached hydrogen (secondary N) is 1.